The monoisotopic (exact) mass is 463 g/mol. The fraction of sp³-hybridized carbons (Fsp3) is 0.731. The molecule has 184 valence electrons. The highest BCUT2D eigenvalue weighted by Crippen LogP contribution is 2.44. The summed E-state index contributed by atoms with van der Waals surface area (Å²) in [5.74, 6) is -1.44. The van der Waals surface area contributed by atoms with Crippen molar-refractivity contribution in [2.24, 2.45) is 11.8 Å². The standard InChI is InChI=1S/C26H39F2N3O2/c1-16-5-4-6-19(15-16)31-21-9-10-22(32)20(8-7-17(2)29-3)23(21)30-25(31)24(33)18-11-13-26(27,28)14-12-18/h9-10,16-19,24,29,32-33H,4-8,11-15H2,1-3H3. The van der Waals surface area contributed by atoms with E-state index in [4.69, 9.17) is 4.98 Å². The minimum absolute atomic E-state index is 0.177. The lowest BCUT2D eigenvalue weighted by Crippen LogP contribution is -2.29. The van der Waals surface area contributed by atoms with Gasteiger partial charge in [-0.05, 0) is 76.5 Å². The summed E-state index contributed by atoms with van der Waals surface area (Å²) in [7, 11) is 1.92. The molecule has 7 heteroatoms. The van der Waals surface area contributed by atoms with Crippen molar-refractivity contribution in [3.8, 4) is 5.75 Å². The molecule has 5 nitrogen and oxygen atoms in total. The largest absolute Gasteiger partial charge is 0.508 e. The van der Waals surface area contributed by atoms with Gasteiger partial charge in [-0.15, -0.1) is 0 Å². The Labute approximate surface area is 195 Å². The number of imidazole rings is 1. The molecule has 2 saturated carbocycles. The molecule has 1 heterocycles. The van der Waals surface area contributed by atoms with Gasteiger partial charge in [-0.2, -0.15) is 0 Å². The normalized spacial score (nSPS) is 25.9. The van der Waals surface area contributed by atoms with Gasteiger partial charge in [0.2, 0.25) is 5.92 Å². The van der Waals surface area contributed by atoms with Gasteiger partial charge in [-0.1, -0.05) is 19.8 Å². The molecule has 1 aromatic heterocycles. The van der Waals surface area contributed by atoms with Crippen molar-refractivity contribution in [2.45, 2.75) is 102 Å². The number of phenols is 1. The van der Waals surface area contributed by atoms with Gasteiger partial charge in [-0.25, -0.2) is 13.8 Å². The second-order valence-electron chi connectivity index (χ2n) is 10.6. The van der Waals surface area contributed by atoms with Crippen LogP contribution < -0.4 is 5.32 Å². The molecule has 0 amide bonds. The number of alkyl halides is 2. The number of halogens is 2. The van der Waals surface area contributed by atoms with E-state index in [1.54, 1.807) is 6.07 Å². The van der Waals surface area contributed by atoms with Crippen LogP contribution in [0.4, 0.5) is 8.78 Å². The number of benzene rings is 1. The molecule has 33 heavy (non-hydrogen) atoms. The summed E-state index contributed by atoms with van der Waals surface area (Å²) in [4.78, 5) is 4.93. The predicted molar refractivity (Wildman–Crippen MR) is 127 cm³/mol. The first-order valence-corrected chi connectivity index (χ1v) is 12.7. The lowest BCUT2D eigenvalue weighted by Gasteiger charge is -2.34. The van der Waals surface area contributed by atoms with E-state index >= 15 is 0 Å². The number of fused-ring (bicyclic) bond motifs is 1. The first-order chi connectivity index (χ1) is 15.7. The molecule has 2 aromatic rings. The van der Waals surface area contributed by atoms with Crippen LogP contribution in [0.5, 0.6) is 5.75 Å². The van der Waals surface area contributed by atoms with Crippen molar-refractivity contribution in [3.05, 3.63) is 23.5 Å². The number of rotatable bonds is 7. The van der Waals surface area contributed by atoms with Crippen molar-refractivity contribution in [1.29, 1.82) is 0 Å². The second kappa shape index (κ2) is 9.87. The summed E-state index contributed by atoms with van der Waals surface area (Å²) in [5, 5.41) is 25.3. The zero-order valence-corrected chi connectivity index (χ0v) is 20.2. The Kier molecular flexibility index (Phi) is 7.29. The molecule has 0 aliphatic heterocycles. The Morgan fingerprint density at radius 1 is 1.21 bits per heavy atom. The third-order valence-electron chi connectivity index (χ3n) is 8.04. The van der Waals surface area contributed by atoms with Gasteiger partial charge in [0.05, 0.1) is 11.0 Å². The number of phenolic OH excluding ortho intramolecular Hbond substituents is 1. The zero-order chi connectivity index (χ0) is 23.8. The fourth-order valence-corrected chi connectivity index (χ4v) is 5.79. The van der Waals surface area contributed by atoms with Crippen LogP contribution in [-0.4, -0.2) is 38.8 Å². The Balaban J connectivity index is 1.76. The number of aromatic nitrogens is 2. The number of aromatic hydroxyl groups is 1. The highest BCUT2D eigenvalue weighted by molar-refractivity contribution is 5.82. The van der Waals surface area contributed by atoms with Crippen LogP contribution in [-0.2, 0) is 6.42 Å². The molecular formula is C26H39F2N3O2. The Bertz CT molecular complexity index is 951. The van der Waals surface area contributed by atoms with Gasteiger partial charge in [-0.3, -0.25) is 0 Å². The Hall–Kier alpha value is -1.73. The van der Waals surface area contributed by atoms with Gasteiger partial charge in [0.15, 0.2) is 0 Å². The number of nitrogens with zero attached hydrogens (tertiary/aromatic N) is 2. The van der Waals surface area contributed by atoms with E-state index in [2.05, 4.69) is 23.7 Å². The maximum absolute atomic E-state index is 13.8. The van der Waals surface area contributed by atoms with E-state index in [0.717, 1.165) is 42.3 Å². The SMILES string of the molecule is CNC(C)CCc1c(O)ccc2c1nc(C(O)C1CCC(F)(F)CC1)n2C1CCCC(C)C1. The molecule has 3 N–H and O–H groups in total. The average molecular weight is 464 g/mol. The molecule has 0 bridgehead atoms. The minimum Gasteiger partial charge on any atom is -0.508 e. The molecule has 0 spiro atoms. The topological polar surface area (TPSA) is 70.3 Å². The first-order valence-electron chi connectivity index (χ1n) is 12.7. The van der Waals surface area contributed by atoms with E-state index in [0.29, 0.717) is 37.0 Å². The van der Waals surface area contributed by atoms with E-state index in [-0.39, 0.29) is 30.6 Å². The van der Waals surface area contributed by atoms with Crippen molar-refractivity contribution in [2.75, 3.05) is 7.05 Å². The quantitative estimate of drug-likeness (QED) is 0.479. The predicted octanol–water partition coefficient (Wildman–Crippen LogP) is 5.89. The molecule has 2 aliphatic carbocycles. The molecule has 2 aliphatic rings. The van der Waals surface area contributed by atoms with Crippen LogP contribution in [0.15, 0.2) is 12.1 Å². The molecule has 0 saturated heterocycles. The van der Waals surface area contributed by atoms with Gasteiger partial charge >= 0.3 is 0 Å². The summed E-state index contributed by atoms with van der Waals surface area (Å²) in [6.45, 7) is 4.37. The van der Waals surface area contributed by atoms with E-state index in [1.165, 1.54) is 6.42 Å². The van der Waals surface area contributed by atoms with Crippen molar-refractivity contribution < 1.29 is 19.0 Å². The highest BCUT2D eigenvalue weighted by Gasteiger charge is 2.39. The summed E-state index contributed by atoms with van der Waals surface area (Å²) < 4.78 is 29.7. The lowest BCUT2D eigenvalue weighted by molar-refractivity contribution is -0.0643. The molecular weight excluding hydrogens is 424 g/mol. The van der Waals surface area contributed by atoms with Gasteiger partial charge in [0, 0.05) is 30.5 Å². The van der Waals surface area contributed by atoms with Crippen LogP contribution in [0.3, 0.4) is 0 Å². The molecule has 4 rings (SSSR count). The number of aliphatic hydroxyl groups is 1. The Morgan fingerprint density at radius 2 is 1.94 bits per heavy atom. The molecule has 2 fully saturated rings. The smallest absolute Gasteiger partial charge is 0.248 e. The Morgan fingerprint density at radius 3 is 2.61 bits per heavy atom. The van der Waals surface area contributed by atoms with E-state index in [9.17, 15) is 19.0 Å². The zero-order valence-electron chi connectivity index (χ0n) is 20.2. The van der Waals surface area contributed by atoms with Crippen LogP contribution in [0, 0.1) is 11.8 Å². The molecule has 4 unspecified atom stereocenters. The fourth-order valence-electron chi connectivity index (χ4n) is 5.79. The maximum atomic E-state index is 13.8. The molecule has 0 radical (unpaired) electrons. The summed E-state index contributed by atoms with van der Waals surface area (Å²) in [6, 6.07) is 4.17. The number of hydrogen-bond donors (Lipinski definition) is 3. The minimum atomic E-state index is -2.63. The summed E-state index contributed by atoms with van der Waals surface area (Å²) >= 11 is 0. The summed E-state index contributed by atoms with van der Waals surface area (Å²) in [6.07, 6.45) is 5.26. The first kappa shape index (κ1) is 24.4. The molecule has 4 atom stereocenters. The van der Waals surface area contributed by atoms with E-state index in [1.807, 2.05) is 13.1 Å². The van der Waals surface area contributed by atoms with Gasteiger partial charge in [0.25, 0.3) is 0 Å². The number of aryl methyl sites for hydroxylation is 1. The van der Waals surface area contributed by atoms with Crippen molar-refractivity contribution in [1.82, 2.24) is 14.9 Å². The number of nitrogens with one attached hydrogen (secondary N) is 1. The second-order valence-corrected chi connectivity index (χ2v) is 10.6. The highest BCUT2D eigenvalue weighted by atomic mass is 19.3. The maximum Gasteiger partial charge on any atom is 0.248 e. The number of hydrogen-bond acceptors (Lipinski definition) is 4. The van der Waals surface area contributed by atoms with Gasteiger partial charge < -0.3 is 20.1 Å². The van der Waals surface area contributed by atoms with Crippen LogP contribution in [0.2, 0.25) is 0 Å². The van der Waals surface area contributed by atoms with Gasteiger partial charge in [0.1, 0.15) is 17.7 Å². The summed E-state index contributed by atoms with van der Waals surface area (Å²) in [5.41, 5.74) is 2.49. The average Bonchev–Trinajstić information content (AvgIpc) is 3.17. The van der Waals surface area contributed by atoms with Crippen molar-refractivity contribution >= 4 is 11.0 Å². The van der Waals surface area contributed by atoms with Crippen molar-refractivity contribution in [3.63, 3.8) is 0 Å². The molecule has 1 aromatic carbocycles. The van der Waals surface area contributed by atoms with Crippen LogP contribution >= 0.6 is 0 Å². The number of aliphatic hydroxyl groups excluding tert-OH is 1. The van der Waals surface area contributed by atoms with Crippen LogP contribution in [0.25, 0.3) is 11.0 Å². The van der Waals surface area contributed by atoms with E-state index < -0.39 is 12.0 Å². The third kappa shape index (κ3) is 5.19. The third-order valence-corrected chi connectivity index (χ3v) is 8.04. The van der Waals surface area contributed by atoms with Crippen LogP contribution in [0.1, 0.15) is 95.2 Å². The lowest BCUT2D eigenvalue weighted by atomic mass is 9.82.